The zero-order valence-electron chi connectivity index (χ0n) is 8.66. The molecule has 0 fully saturated rings. The number of rotatable bonds is 1. The van der Waals surface area contributed by atoms with E-state index in [2.05, 4.69) is 11.8 Å². The molecule has 0 radical (unpaired) electrons. The SMILES string of the molecule is COc1ccc(C#C[C@H](C)O)cc1C. The van der Waals surface area contributed by atoms with Gasteiger partial charge < -0.3 is 9.84 Å². The summed E-state index contributed by atoms with van der Waals surface area (Å²) in [6.45, 7) is 3.61. The molecule has 0 aliphatic heterocycles. The van der Waals surface area contributed by atoms with Gasteiger partial charge in [0.05, 0.1) is 7.11 Å². The van der Waals surface area contributed by atoms with Gasteiger partial charge >= 0.3 is 0 Å². The molecule has 1 rings (SSSR count). The van der Waals surface area contributed by atoms with E-state index in [9.17, 15) is 0 Å². The van der Waals surface area contributed by atoms with Gasteiger partial charge in [-0.05, 0) is 37.6 Å². The lowest BCUT2D eigenvalue weighted by molar-refractivity contribution is 0.253. The number of benzene rings is 1. The van der Waals surface area contributed by atoms with Crippen LogP contribution in [0.2, 0.25) is 0 Å². The maximum absolute atomic E-state index is 8.99. The van der Waals surface area contributed by atoms with E-state index in [0.29, 0.717) is 0 Å². The largest absolute Gasteiger partial charge is 0.496 e. The lowest BCUT2D eigenvalue weighted by Crippen LogP contribution is -1.93. The molecule has 0 amide bonds. The van der Waals surface area contributed by atoms with Crippen molar-refractivity contribution >= 4 is 0 Å². The van der Waals surface area contributed by atoms with Crippen molar-refractivity contribution in [3.05, 3.63) is 29.3 Å². The fourth-order valence-electron chi connectivity index (χ4n) is 1.14. The second-order valence-electron chi connectivity index (χ2n) is 3.13. The summed E-state index contributed by atoms with van der Waals surface area (Å²) in [6, 6.07) is 5.69. The summed E-state index contributed by atoms with van der Waals surface area (Å²) < 4.78 is 5.13. The molecule has 0 saturated carbocycles. The summed E-state index contributed by atoms with van der Waals surface area (Å²) in [7, 11) is 1.64. The average Bonchev–Trinajstić information content (AvgIpc) is 2.15. The third-order valence-electron chi connectivity index (χ3n) is 1.82. The summed E-state index contributed by atoms with van der Waals surface area (Å²) in [4.78, 5) is 0. The molecule has 0 saturated heterocycles. The minimum absolute atomic E-state index is 0.586. The van der Waals surface area contributed by atoms with Crippen molar-refractivity contribution in [3.8, 4) is 17.6 Å². The molecule has 74 valence electrons. The number of ether oxygens (including phenoxy) is 1. The van der Waals surface area contributed by atoms with E-state index >= 15 is 0 Å². The van der Waals surface area contributed by atoms with Crippen LogP contribution in [0.25, 0.3) is 0 Å². The first kappa shape index (κ1) is 10.6. The Balaban J connectivity index is 2.94. The van der Waals surface area contributed by atoms with Gasteiger partial charge in [-0.15, -0.1) is 0 Å². The number of hydrogen-bond donors (Lipinski definition) is 1. The quantitative estimate of drug-likeness (QED) is 0.683. The Kier molecular flexibility index (Phi) is 3.55. The van der Waals surface area contributed by atoms with Gasteiger partial charge in [0, 0.05) is 5.56 Å². The van der Waals surface area contributed by atoms with Crippen LogP contribution in [-0.4, -0.2) is 18.3 Å². The second-order valence-corrected chi connectivity index (χ2v) is 3.13. The van der Waals surface area contributed by atoms with Gasteiger partial charge in [0.1, 0.15) is 11.9 Å². The standard InChI is InChI=1S/C12H14O2/c1-9-8-11(5-4-10(2)13)6-7-12(9)14-3/h6-8,10,13H,1-3H3/t10-/m0/s1. The number of hydrogen-bond acceptors (Lipinski definition) is 2. The summed E-state index contributed by atoms with van der Waals surface area (Å²) >= 11 is 0. The van der Waals surface area contributed by atoms with Gasteiger partial charge in [-0.1, -0.05) is 11.8 Å². The summed E-state index contributed by atoms with van der Waals surface area (Å²) in [5.74, 6) is 6.43. The predicted molar refractivity (Wildman–Crippen MR) is 56.3 cm³/mol. The Morgan fingerprint density at radius 2 is 2.14 bits per heavy atom. The van der Waals surface area contributed by atoms with E-state index < -0.39 is 6.10 Å². The van der Waals surface area contributed by atoms with Crippen molar-refractivity contribution in [3.63, 3.8) is 0 Å². The lowest BCUT2D eigenvalue weighted by atomic mass is 10.1. The Bertz CT molecular complexity index is 370. The van der Waals surface area contributed by atoms with Gasteiger partial charge in [0.15, 0.2) is 0 Å². The molecule has 1 aromatic carbocycles. The maximum atomic E-state index is 8.99. The van der Waals surface area contributed by atoms with Crippen LogP contribution in [0.1, 0.15) is 18.1 Å². The van der Waals surface area contributed by atoms with Crippen molar-refractivity contribution in [1.29, 1.82) is 0 Å². The van der Waals surface area contributed by atoms with Crippen LogP contribution in [0.4, 0.5) is 0 Å². The van der Waals surface area contributed by atoms with Crippen LogP contribution in [0.5, 0.6) is 5.75 Å². The molecule has 14 heavy (non-hydrogen) atoms. The van der Waals surface area contributed by atoms with Gasteiger partial charge in [-0.3, -0.25) is 0 Å². The molecule has 0 aromatic heterocycles. The van der Waals surface area contributed by atoms with Gasteiger partial charge in [-0.25, -0.2) is 0 Å². The summed E-state index contributed by atoms with van der Waals surface area (Å²) in [5.41, 5.74) is 1.94. The Hall–Kier alpha value is -1.46. The molecule has 1 aromatic rings. The average molecular weight is 190 g/mol. The zero-order chi connectivity index (χ0) is 10.6. The van der Waals surface area contributed by atoms with E-state index in [0.717, 1.165) is 16.9 Å². The number of aliphatic hydroxyl groups is 1. The van der Waals surface area contributed by atoms with Crippen LogP contribution in [0.3, 0.4) is 0 Å². The maximum Gasteiger partial charge on any atom is 0.121 e. The highest BCUT2D eigenvalue weighted by molar-refractivity contribution is 5.43. The Morgan fingerprint density at radius 1 is 1.43 bits per heavy atom. The summed E-state index contributed by atoms with van der Waals surface area (Å²) in [6.07, 6.45) is -0.586. The normalized spacial score (nSPS) is 11.4. The van der Waals surface area contributed by atoms with E-state index in [1.165, 1.54) is 0 Å². The van der Waals surface area contributed by atoms with Gasteiger partial charge in [-0.2, -0.15) is 0 Å². The van der Waals surface area contributed by atoms with E-state index in [1.54, 1.807) is 14.0 Å². The molecule has 1 N–H and O–H groups in total. The molecule has 0 aliphatic rings. The number of aliphatic hydroxyl groups excluding tert-OH is 1. The predicted octanol–water partition coefficient (Wildman–Crippen LogP) is 1.74. The Labute approximate surface area is 84.5 Å². The number of methoxy groups -OCH3 is 1. The molecule has 1 atom stereocenters. The third kappa shape index (κ3) is 2.79. The fraction of sp³-hybridized carbons (Fsp3) is 0.333. The molecule has 0 unspecified atom stereocenters. The van der Waals surface area contributed by atoms with E-state index in [1.807, 2.05) is 25.1 Å². The molecule has 0 heterocycles. The van der Waals surface area contributed by atoms with Crippen LogP contribution in [0.15, 0.2) is 18.2 Å². The van der Waals surface area contributed by atoms with Crippen LogP contribution in [-0.2, 0) is 0 Å². The van der Waals surface area contributed by atoms with E-state index in [4.69, 9.17) is 9.84 Å². The van der Waals surface area contributed by atoms with Crippen molar-refractivity contribution in [1.82, 2.24) is 0 Å². The van der Waals surface area contributed by atoms with Gasteiger partial charge in [0.2, 0.25) is 0 Å². The van der Waals surface area contributed by atoms with Crippen LogP contribution >= 0.6 is 0 Å². The molecule has 2 nitrogen and oxygen atoms in total. The van der Waals surface area contributed by atoms with Crippen molar-refractivity contribution in [2.75, 3.05) is 7.11 Å². The lowest BCUT2D eigenvalue weighted by Gasteiger charge is -2.03. The number of aryl methyl sites for hydroxylation is 1. The Morgan fingerprint density at radius 3 is 2.64 bits per heavy atom. The first-order valence-electron chi connectivity index (χ1n) is 4.47. The van der Waals surface area contributed by atoms with Crippen molar-refractivity contribution < 1.29 is 9.84 Å². The highest BCUT2D eigenvalue weighted by Gasteiger charge is 1.97. The molecular weight excluding hydrogens is 176 g/mol. The molecule has 0 bridgehead atoms. The van der Waals surface area contributed by atoms with Crippen LogP contribution < -0.4 is 4.74 Å². The smallest absolute Gasteiger partial charge is 0.121 e. The first-order chi connectivity index (χ1) is 6.63. The fourth-order valence-corrected chi connectivity index (χ4v) is 1.14. The van der Waals surface area contributed by atoms with E-state index in [-0.39, 0.29) is 0 Å². The second kappa shape index (κ2) is 4.69. The highest BCUT2D eigenvalue weighted by atomic mass is 16.5. The summed E-state index contributed by atoms with van der Waals surface area (Å²) in [5, 5.41) is 8.99. The zero-order valence-corrected chi connectivity index (χ0v) is 8.66. The van der Waals surface area contributed by atoms with Crippen molar-refractivity contribution in [2.24, 2.45) is 0 Å². The third-order valence-corrected chi connectivity index (χ3v) is 1.82. The molecular formula is C12H14O2. The monoisotopic (exact) mass is 190 g/mol. The molecule has 0 aliphatic carbocycles. The topological polar surface area (TPSA) is 29.5 Å². The molecule has 2 heteroatoms. The molecule has 0 spiro atoms. The van der Waals surface area contributed by atoms with Crippen molar-refractivity contribution in [2.45, 2.75) is 20.0 Å². The highest BCUT2D eigenvalue weighted by Crippen LogP contribution is 2.17. The minimum Gasteiger partial charge on any atom is -0.496 e. The van der Waals surface area contributed by atoms with Crippen LogP contribution in [0, 0.1) is 18.8 Å². The van der Waals surface area contributed by atoms with Gasteiger partial charge in [0.25, 0.3) is 0 Å². The minimum atomic E-state index is -0.586. The first-order valence-corrected chi connectivity index (χ1v) is 4.47.